The summed E-state index contributed by atoms with van der Waals surface area (Å²) in [6.45, 7) is 0. The van der Waals surface area contributed by atoms with E-state index in [2.05, 4.69) is 16.0 Å². The van der Waals surface area contributed by atoms with Gasteiger partial charge in [0.05, 0.1) is 0 Å². The van der Waals surface area contributed by atoms with Crippen LogP contribution in [0.5, 0.6) is 0 Å². The van der Waals surface area contributed by atoms with E-state index >= 15 is 0 Å². The van der Waals surface area contributed by atoms with Gasteiger partial charge in [0.25, 0.3) is 0 Å². The number of benzene rings is 1. The third-order valence-electron chi connectivity index (χ3n) is 3.03. The van der Waals surface area contributed by atoms with Crippen molar-refractivity contribution in [2.45, 2.75) is 0 Å². The van der Waals surface area contributed by atoms with Crippen LogP contribution in [0.1, 0.15) is 0 Å². The van der Waals surface area contributed by atoms with Crippen LogP contribution in [0, 0.1) is 0 Å². The van der Waals surface area contributed by atoms with Crippen LogP contribution in [0.3, 0.4) is 0 Å². The van der Waals surface area contributed by atoms with Crippen LogP contribution in [0.2, 0.25) is 5.15 Å². The Morgan fingerprint density at radius 3 is 2.88 bits per heavy atom. The molecule has 0 aliphatic heterocycles. The van der Waals surface area contributed by atoms with Gasteiger partial charge in [0.15, 0.2) is 0 Å². The molecule has 4 aromatic rings. The zero-order valence-electron chi connectivity index (χ0n) is 8.81. The maximum absolute atomic E-state index is 6.21. The Balaban J connectivity index is 2.35. The number of hydrogen-bond donors (Lipinski definition) is 1. The summed E-state index contributed by atoms with van der Waals surface area (Å²) in [5, 5.41) is 1.79. The van der Waals surface area contributed by atoms with Crippen molar-refractivity contribution < 1.29 is 0 Å². The van der Waals surface area contributed by atoms with Crippen molar-refractivity contribution >= 4 is 39.3 Å². The van der Waals surface area contributed by atoms with Crippen molar-refractivity contribution in [1.29, 1.82) is 0 Å². The summed E-state index contributed by atoms with van der Waals surface area (Å²) in [4.78, 5) is 7.97. The molecule has 0 unspecified atom stereocenters. The molecule has 4 rings (SSSR count). The Morgan fingerprint density at radius 1 is 1.06 bits per heavy atom. The molecule has 0 aliphatic carbocycles. The van der Waals surface area contributed by atoms with Gasteiger partial charge in [-0.2, -0.15) is 0 Å². The topological polar surface area (TPSA) is 33.1 Å². The molecule has 0 atom stereocenters. The normalized spacial score (nSPS) is 11.8. The van der Waals surface area contributed by atoms with Gasteiger partial charge in [0.1, 0.15) is 22.0 Å². The number of nitrogens with one attached hydrogen (secondary N) is 1. The van der Waals surface area contributed by atoms with E-state index in [1.165, 1.54) is 0 Å². The lowest BCUT2D eigenvalue weighted by Gasteiger charge is -1.96. The Morgan fingerprint density at radius 2 is 1.94 bits per heavy atom. The van der Waals surface area contributed by atoms with Gasteiger partial charge in [0, 0.05) is 10.9 Å². The number of hydrogen-bond acceptors (Lipinski definition) is 1. The molecule has 3 heterocycles. The maximum atomic E-state index is 6.21. The number of rotatable bonds is 0. The van der Waals surface area contributed by atoms with Crippen LogP contribution in [-0.2, 0) is 0 Å². The van der Waals surface area contributed by atoms with Crippen LogP contribution >= 0.6 is 11.6 Å². The van der Waals surface area contributed by atoms with E-state index in [1.807, 2.05) is 40.8 Å². The highest BCUT2D eigenvalue weighted by atomic mass is 35.5. The molecule has 82 valence electrons. The zero-order chi connectivity index (χ0) is 11.4. The molecule has 1 N–H and O–H groups in total. The molecular weight excluding hydrogens is 234 g/mol. The van der Waals surface area contributed by atoms with Crippen LogP contribution in [0.15, 0.2) is 42.5 Å². The van der Waals surface area contributed by atoms with Crippen LogP contribution in [0.25, 0.3) is 27.7 Å². The molecule has 4 heteroatoms. The average Bonchev–Trinajstić information content (AvgIpc) is 2.85. The molecular formula is C13H8ClN3. The first-order chi connectivity index (χ1) is 8.34. The lowest BCUT2D eigenvalue weighted by molar-refractivity contribution is 1.20. The third kappa shape index (κ3) is 1.09. The number of pyridine rings is 1. The minimum absolute atomic E-state index is 0.663. The van der Waals surface area contributed by atoms with Gasteiger partial charge in [0.2, 0.25) is 0 Å². The first kappa shape index (κ1) is 9.07. The number of para-hydroxylation sites is 1. The molecule has 0 amide bonds. The Labute approximate surface area is 102 Å². The van der Waals surface area contributed by atoms with Crippen molar-refractivity contribution in [3.05, 3.63) is 47.6 Å². The highest BCUT2D eigenvalue weighted by molar-refractivity contribution is 6.30. The average molecular weight is 242 g/mol. The summed E-state index contributed by atoms with van der Waals surface area (Å²) >= 11 is 6.21. The Hall–Kier alpha value is -2.00. The summed E-state index contributed by atoms with van der Waals surface area (Å²) in [5.74, 6) is 0. The molecule has 0 radical (unpaired) electrons. The van der Waals surface area contributed by atoms with E-state index in [9.17, 15) is 0 Å². The smallest absolute Gasteiger partial charge is 0.144 e. The summed E-state index contributed by atoms with van der Waals surface area (Å²) < 4.78 is 1.93. The minimum Gasteiger partial charge on any atom is -0.339 e. The van der Waals surface area contributed by atoms with Gasteiger partial charge in [-0.1, -0.05) is 35.9 Å². The van der Waals surface area contributed by atoms with Gasteiger partial charge in [-0.3, -0.25) is 4.40 Å². The van der Waals surface area contributed by atoms with Crippen molar-refractivity contribution in [3.8, 4) is 0 Å². The SMILES string of the molecule is Clc1cccc2nc3c4ccccc4[nH]c3n12. The lowest BCUT2D eigenvalue weighted by Crippen LogP contribution is -1.86. The van der Waals surface area contributed by atoms with Crippen molar-refractivity contribution in [2.75, 3.05) is 0 Å². The van der Waals surface area contributed by atoms with Gasteiger partial charge in [-0.05, 0) is 18.2 Å². The lowest BCUT2D eigenvalue weighted by atomic mass is 10.2. The zero-order valence-corrected chi connectivity index (χ0v) is 9.57. The molecule has 1 aromatic carbocycles. The van der Waals surface area contributed by atoms with Gasteiger partial charge < -0.3 is 4.98 Å². The fourth-order valence-electron chi connectivity index (χ4n) is 2.28. The van der Waals surface area contributed by atoms with Crippen molar-refractivity contribution in [3.63, 3.8) is 0 Å². The molecule has 0 spiro atoms. The second-order valence-corrected chi connectivity index (χ2v) is 4.41. The second-order valence-electron chi connectivity index (χ2n) is 4.02. The van der Waals surface area contributed by atoms with Crippen LogP contribution in [0.4, 0.5) is 0 Å². The van der Waals surface area contributed by atoms with E-state index in [0.717, 1.165) is 27.7 Å². The largest absolute Gasteiger partial charge is 0.339 e. The molecule has 3 nitrogen and oxygen atoms in total. The minimum atomic E-state index is 0.663. The van der Waals surface area contributed by atoms with E-state index < -0.39 is 0 Å². The number of aromatic nitrogens is 3. The van der Waals surface area contributed by atoms with E-state index in [0.29, 0.717) is 5.15 Å². The van der Waals surface area contributed by atoms with E-state index in [-0.39, 0.29) is 0 Å². The van der Waals surface area contributed by atoms with Crippen LogP contribution in [-0.4, -0.2) is 14.4 Å². The molecule has 0 aliphatic rings. The van der Waals surface area contributed by atoms with Crippen molar-refractivity contribution in [1.82, 2.24) is 14.4 Å². The summed E-state index contributed by atoms with van der Waals surface area (Å²) in [6, 6.07) is 13.9. The fourth-order valence-corrected chi connectivity index (χ4v) is 2.53. The molecule has 0 fully saturated rings. The van der Waals surface area contributed by atoms with Gasteiger partial charge in [-0.25, -0.2) is 4.98 Å². The Kier molecular flexibility index (Phi) is 1.61. The second kappa shape index (κ2) is 3.02. The molecule has 0 saturated heterocycles. The Bertz CT molecular complexity index is 857. The number of aromatic amines is 1. The summed E-state index contributed by atoms with van der Waals surface area (Å²) in [7, 11) is 0. The number of nitrogens with zero attached hydrogens (tertiary/aromatic N) is 2. The summed E-state index contributed by atoms with van der Waals surface area (Å²) in [6.07, 6.45) is 0. The van der Waals surface area contributed by atoms with E-state index in [1.54, 1.807) is 0 Å². The number of imidazole rings is 1. The molecule has 0 saturated carbocycles. The first-order valence-corrected chi connectivity index (χ1v) is 5.76. The highest BCUT2D eigenvalue weighted by Crippen LogP contribution is 2.27. The monoisotopic (exact) mass is 241 g/mol. The predicted octanol–water partition coefficient (Wildman–Crippen LogP) is 3.62. The predicted molar refractivity (Wildman–Crippen MR) is 69.6 cm³/mol. The maximum Gasteiger partial charge on any atom is 0.144 e. The molecule has 0 bridgehead atoms. The number of fused-ring (bicyclic) bond motifs is 5. The standard InChI is InChI=1S/C13H8ClN3/c14-10-6-3-7-11-16-12-8-4-1-2-5-9(8)15-13(12)17(10)11/h1-7,15H. The summed E-state index contributed by atoms with van der Waals surface area (Å²) in [5.41, 5.74) is 3.87. The van der Waals surface area contributed by atoms with Crippen molar-refractivity contribution in [2.24, 2.45) is 0 Å². The fraction of sp³-hybridized carbons (Fsp3) is 0. The third-order valence-corrected chi connectivity index (χ3v) is 3.33. The highest BCUT2D eigenvalue weighted by Gasteiger charge is 2.11. The molecule has 3 aromatic heterocycles. The quantitative estimate of drug-likeness (QED) is 0.469. The van der Waals surface area contributed by atoms with Gasteiger partial charge >= 0.3 is 0 Å². The van der Waals surface area contributed by atoms with E-state index in [4.69, 9.17) is 11.6 Å². The first-order valence-electron chi connectivity index (χ1n) is 5.38. The number of halogens is 1. The van der Waals surface area contributed by atoms with Gasteiger partial charge in [-0.15, -0.1) is 0 Å². The van der Waals surface area contributed by atoms with Crippen LogP contribution < -0.4 is 0 Å². The number of H-pyrrole nitrogens is 1. The molecule has 17 heavy (non-hydrogen) atoms.